The van der Waals surface area contributed by atoms with Gasteiger partial charge in [0.15, 0.2) is 0 Å². The molecule has 2 aliphatic heterocycles. The van der Waals surface area contributed by atoms with Crippen LogP contribution >= 0.6 is 0 Å². The van der Waals surface area contributed by atoms with Gasteiger partial charge in [-0.05, 0) is 0 Å². The third kappa shape index (κ3) is 1.64. The molecule has 0 radical (unpaired) electrons. The van der Waals surface area contributed by atoms with Crippen LogP contribution in [-0.2, 0) is 0 Å². The van der Waals surface area contributed by atoms with Crippen molar-refractivity contribution in [1.29, 1.82) is 0 Å². The van der Waals surface area contributed by atoms with Crippen molar-refractivity contribution in [2.24, 2.45) is 0 Å². The van der Waals surface area contributed by atoms with E-state index in [0.717, 1.165) is 0 Å². The zero-order valence-electron chi connectivity index (χ0n) is 9.15. The minimum absolute atomic E-state index is 0.0467. The van der Waals surface area contributed by atoms with E-state index in [-0.39, 0.29) is 31.5 Å². The Bertz CT molecular complexity index is 406. The van der Waals surface area contributed by atoms with Gasteiger partial charge in [-0.25, -0.2) is 0 Å². The van der Waals surface area contributed by atoms with Gasteiger partial charge in [0.25, 0.3) is 0 Å². The molecule has 0 saturated heterocycles. The van der Waals surface area contributed by atoms with Gasteiger partial charge in [-0.15, -0.1) is 0 Å². The van der Waals surface area contributed by atoms with Gasteiger partial charge in [0.05, 0.1) is 0 Å². The molecule has 0 aliphatic carbocycles. The Morgan fingerprint density at radius 3 is 2.07 bits per heavy atom. The molecule has 0 aromatic heterocycles. The first-order chi connectivity index (χ1) is 6.61. The quantitative estimate of drug-likeness (QED) is 0.652. The molecule has 2 rings (SSSR count). The fourth-order valence-corrected chi connectivity index (χ4v) is 8.71. The Balaban J connectivity index is 2.37. The Morgan fingerprint density at radius 1 is 0.929 bits per heavy atom. The van der Waals surface area contributed by atoms with E-state index in [9.17, 15) is 0 Å². The van der Waals surface area contributed by atoms with Gasteiger partial charge in [-0.2, -0.15) is 0 Å². The molecular weight excluding hydrogens is 294 g/mol. The van der Waals surface area contributed by atoms with E-state index in [0.29, 0.717) is 0 Å². The zero-order valence-corrected chi connectivity index (χ0v) is 13.4. The monoisotopic (exact) mass is 310 g/mol. The van der Waals surface area contributed by atoms with Crippen molar-refractivity contribution in [3.05, 3.63) is 40.7 Å². The molecule has 74 valence electrons. The van der Waals surface area contributed by atoms with Gasteiger partial charge in [0, 0.05) is 0 Å². The zero-order chi connectivity index (χ0) is 10.3. The standard InChI is InChI=1S/C12H16As2/c1-7-5-6-13-11(7)12-9(3)8(2)10(4)14-12/h5-6,13-14H,1-4H3. The topological polar surface area (TPSA) is 0 Å². The third-order valence-electron chi connectivity index (χ3n) is 3.02. The fraction of sp³-hybridized carbons (Fsp3) is 0.333. The maximum atomic E-state index is 2.42. The molecular formula is C12H16As2. The molecule has 0 bridgehead atoms. The first-order valence-corrected chi connectivity index (χ1v) is 9.27. The summed E-state index contributed by atoms with van der Waals surface area (Å²) in [7, 11) is 0. The summed E-state index contributed by atoms with van der Waals surface area (Å²) in [5, 5.41) is 0. The van der Waals surface area contributed by atoms with E-state index in [4.69, 9.17) is 0 Å². The minimum atomic E-state index is 0.0467. The molecule has 14 heavy (non-hydrogen) atoms. The molecule has 0 nitrogen and oxygen atoms in total. The summed E-state index contributed by atoms with van der Waals surface area (Å²) in [6.45, 7) is 9.21. The van der Waals surface area contributed by atoms with Crippen LogP contribution in [0.3, 0.4) is 0 Å². The first kappa shape index (κ1) is 10.6. The van der Waals surface area contributed by atoms with Crippen molar-refractivity contribution < 1.29 is 0 Å². The van der Waals surface area contributed by atoms with Crippen molar-refractivity contribution in [3.63, 3.8) is 0 Å². The van der Waals surface area contributed by atoms with Crippen LogP contribution in [0, 0.1) is 0 Å². The normalized spacial score (nSPS) is 25.4. The van der Waals surface area contributed by atoms with Crippen LogP contribution < -0.4 is 0 Å². The van der Waals surface area contributed by atoms with Crippen LogP contribution in [0.15, 0.2) is 40.7 Å². The molecule has 2 aliphatic rings. The Labute approximate surface area is 99.6 Å². The van der Waals surface area contributed by atoms with Crippen LogP contribution in [0.1, 0.15) is 27.7 Å². The molecule has 0 aromatic rings. The summed E-state index contributed by atoms with van der Waals surface area (Å²) < 4.78 is 5.21. The fourth-order valence-electron chi connectivity index (χ4n) is 1.81. The van der Waals surface area contributed by atoms with E-state index in [1.807, 2.05) is 0 Å². The second kappa shape index (κ2) is 3.91. The van der Waals surface area contributed by atoms with E-state index >= 15 is 0 Å². The Morgan fingerprint density at radius 2 is 1.64 bits per heavy atom. The molecule has 0 amide bonds. The van der Waals surface area contributed by atoms with Crippen molar-refractivity contribution in [2.75, 3.05) is 0 Å². The van der Waals surface area contributed by atoms with E-state index < -0.39 is 0 Å². The number of rotatable bonds is 1. The van der Waals surface area contributed by atoms with Crippen LogP contribution in [0.25, 0.3) is 0 Å². The van der Waals surface area contributed by atoms with E-state index in [2.05, 4.69) is 38.6 Å². The maximum absolute atomic E-state index is 2.42. The van der Waals surface area contributed by atoms with Gasteiger partial charge >= 0.3 is 99.9 Å². The van der Waals surface area contributed by atoms with Gasteiger partial charge in [-0.3, -0.25) is 0 Å². The van der Waals surface area contributed by atoms with Gasteiger partial charge < -0.3 is 0 Å². The molecule has 2 heteroatoms. The van der Waals surface area contributed by atoms with Gasteiger partial charge in [0.2, 0.25) is 0 Å². The van der Waals surface area contributed by atoms with Crippen molar-refractivity contribution >= 4 is 31.5 Å². The van der Waals surface area contributed by atoms with Crippen molar-refractivity contribution in [3.8, 4) is 0 Å². The average molecular weight is 310 g/mol. The number of allylic oxidation sites excluding steroid dienone is 7. The second-order valence-corrected chi connectivity index (χ2v) is 9.41. The number of hydrogen-bond donors (Lipinski definition) is 0. The summed E-state index contributed by atoms with van der Waals surface area (Å²) >= 11 is 0.118. The average Bonchev–Trinajstić information content (AvgIpc) is 2.66. The SMILES string of the molecule is CC1=C(C2=C(C)C(C)=C(C)[AsH]2)[AsH]C=C1. The first-order valence-electron chi connectivity index (χ1n) is 4.91. The molecule has 2 unspecified atom stereocenters. The van der Waals surface area contributed by atoms with Crippen LogP contribution in [0.5, 0.6) is 0 Å². The molecule has 2 atom stereocenters. The van der Waals surface area contributed by atoms with Crippen LogP contribution in [0.2, 0.25) is 0 Å². The predicted octanol–water partition coefficient (Wildman–Crippen LogP) is 2.24. The molecule has 0 fully saturated rings. The molecule has 0 N–H and O–H groups in total. The molecule has 2 heterocycles. The van der Waals surface area contributed by atoms with Crippen LogP contribution in [0.4, 0.5) is 0 Å². The van der Waals surface area contributed by atoms with Crippen LogP contribution in [-0.4, -0.2) is 31.5 Å². The number of hydrogen-bond acceptors (Lipinski definition) is 0. The summed E-state index contributed by atoms with van der Waals surface area (Å²) in [4.78, 5) is 2.42. The third-order valence-corrected chi connectivity index (χ3v) is 10.2. The van der Waals surface area contributed by atoms with Gasteiger partial charge in [0.1, 0.15) is 0 Å². The summed E-state index contributed by atoms with van der Waals surface area (Å²) in [6.07, 6.45) is 2.32. The molecule has 0 spiro atoms. The second-order valence-electron chi connectivity index (χ2n) is 3.91. The summed E-state index contributed by atoms with van der Waals surface area (Å²) in [5.74, 6) is 0. The summed E-state index contributed by atoms with van der Waals surface area (Å²) in [5.41, 5.74) is 4.73. The van der Waals surface area contributed by atoms with E-state index in [1.165, 1.54) is 0 Å². The predicted molar refractivity (Wildman–Crippen MR) is 67.2 cm³/mol. The summed E-state index contributed by atoms with van der Waals surface area (Å²) in [6, 6.07) is 0. The van der Waals surface area contributed by atoms with Gasteiger partial charge in [-0.1, -0.05) is 0 Å². The molecule has 0 aromatic carbocycles. The van der Waals surface area contributed by atoms with Crippen molar-refractivity contribution in [1.82, 2.24) is 0 Å². The Kier molecular flexibility index (Phi) is 2.96. The Hall–Kier alpha value is 0.0769. The molecule has 0 saturated carbocycles. The van der Waals surface area contributed by atoms with Crippen molar-refractivity contribution in [2.45, 2.75) is 27.7 Å². The van der Waals surface area contributed by atoms with E-state index in [1.54, 1.807) is 29.8 Å².